The molecule has 2 unspecified atom stereocenters. The van der Waals surface area contributed by atoms with E-state index < -0.39 is 11.6 Å². The number of ether oxygens (including phenoxy) is 1. The molecule has 0 bridgehead atoms. The summed E-state index contributed by atoms with van der Waals surface area (Å²) in [5.74, 6) is -0.490. The van der Waals surface area contributed by atoms with Crippen LogP contribution in [0.15, 0.2) is 61.2 Å². The van der Waals surface area contributed by atoms with Gasteiger partial charge in [0.2, 0.25) is 0 Å². The van der Waals surface area contributed by atoms with Gasteiger partial charge in [-0.05, 0) is 69.6 Å². The van der Waals surface area contributed by atoms with Crippen molar-refractivity contribution in [1.82, 2.24) is 33.9 Å². The maximum atomic E-state index is 14.0. The van der Waals surface area contributed by atoms with Gasteiger partial charge >= 0.3 is 5.97 Å². The van der Waals surface area contributed by atoms with Crippen LogP contribution in [0, 0.1) is 11.6 Å². The number of methoxy groups -OCH3 is 1. The highest BCUT2D eigenvalue weighted by atomic mass is 19.1. The average molecular weight is 604 g/mol. The molecular weight excluding hydrogens is 568 g/mol. The number of aromatic nitrogens is 6. The number of fused-ring (bicyclic) bond motifs is 1. The van der Waals surface area contributed by atoms with Gasteiger partial charge in [0.05, 0.1) is 60.7 Å². The topological polar surface area (TPSA) is 92.2 Å². The number of hydrogen-bond acceptors (Lipinski definition) is 7. The zero-order valence-electron chi connectivity index (χ0n) is 25.0. The Morgan fingerprint density at radius 3 is 2.75 bits per heavy atom. The summed E-state index contributed by atoms with van der Waals surface area (Å²) < 4.78 is 36.4. The average Bonchev–Trinajstić information content (AvgIpc) is 3.76. The van der Waals surface area contributed by atoms with Crippen molar-refractivity contribution in [1.29, 1.82) is 0 Å². The molecule has 12 heteroatoms. The Hall–Kier alpha value is -4.58. The summed E-state index contributed by atoms with van der Waals surface area (Å²) in [6.45, 7) is 7.13. The first-order valence-electron chi connectivity index (χ1n) is 14.8. The SMILES string of the molecule is CCn1cncc1Cn1c(CN2CCC(c3ccn(OCc4ccc(F)cc4F)n3)CC2C)nc2ccc(C(=O)OC)cc21. The van der Waals surface area contributed by atoms with Gasteiger partial charge in [0.1, 0.15) is 24.1 Å². The number of carbonyl (C=O) groups is 1. The second-order valence-electron chi connectivity index (χ2n) is 11.2. The molecule has 0 saturated carbocycles. The molecule has 230 valence electrons. The highest BCUT2D eigenvalue weighted by Crippen LogP contribution is 2.32. The van der Waals surface area contributed by atoms with Crippen molar-refractivity contribution in [2.24, 2.45) is 0 Å². The summed E-state index contributed by atoms with van der Waals surface area (Å²) in [6, 6.07) is 11.1. The van der Waals surface area contributed by atoms with Crippen molar-refractivity contribution in [3.63, 3.8) is 0 Å². The predicted octanol–water partition coefficient (Wildman–Crippen LogP) is 4.96. The van der Waals surface area contributed by atoms with Crippen LogP contribution in [-0.2, 0) is 31.0 Å². The molecule has 5 aromatic rings. The molecule has 1 saturated heterocycles. The first kappa shape index (κ1) is 29.5. The molecule has 1 aliphatic rings. The lowest BCUT2D eigenvalue weighted by Crippen LogP contribution is -2.40. The van der Waals surface area contributed by atoms with Gasteiger partial charge in [0, 0.05) is 36.3 Å². The van der Waals surface area contributed by atoms with Crippen LogP contribution in [0.2, 0.25) is 0 Å². The van der Waals surface area contributed by atoms with Crippen LogP contribution in [0.1, 0.15) is 65.7 Å². The van der Waals surface area contributed by atoms with Crippen molar-refractivity contribution >= 4 is 17.0 Å². The first-order chi connectivity index (χ1) is 21.3. The van der Waals surface area contributed by atoms with Gasteiger partial charge in [0.15, 0.2) is 0 Å². The lowest BCUT2D eigenvalue weighted by atomic mass is 9.89. The van der Waals surface area contributed by atoms with E-state index in [0.29, 0.717) is 18.7 Å². The zero-order valence-corrected chi connectivity index (χ0v) is 25.0. The fraction of sp³-hybridized carbons (Fsp3) is 0.375. The third kappa shape index (κ3) is 6.07. The quantitative estimate of drug-likeness (QED) is 0.209. The standard InChI is InChI=1S/C32H35F2N7O3/c1-4-38-20-35-16-26(38)17-40-30-14-23(32(42)43-3)6-8-29(30)36-31(40)18-39-11-9-22(13-21(39)2)28-10-12-41(37-28)44-19-24-5-7-25(33)15-27(24)34/h5-8,10,12,14-16,20-22H,4,9,11,13,17-19H2,1-3H3. The number of halogens is 2. The number of benzene rings is 2. The number of likely N-dealkylation sites (tertiary alicyclic amines) is 1. The molecule has 4 heterocycles. The van der Waals surface area contributed by atoms with Gasteiger partial charge in [-0.3, -0.25) is 4.90 Å². The summed E-state index contributed by atoms with van der Waals surface area (Å²) >= 11 is 0. The summed E-state index contributed by atoms with van der Waals surface area (Å²) in [4.78, 5) is 31.1. The molecule has 3 aromatic heterocycles. The van der Waals surface area contributed by atoms with E-state index in [4.69, 9.17) is 14.6 Å². The number of piperidine rings is 1. The van der Waals surface area contributed by atoms with Crippen molar-refractivity contribution in [2.75, 3.05) is 13.7 Å². The summed E-state index contributed by atoms with van der Waals surface area (Å²) in [6.07, 6.45) is 7.23. The molecule has 2 atom stereocenters. The van der Waals surface area contributed by atoms with E-state index in [1.54, 1.807) is 12.3 Å². The van der Waals surface area contributed by atoms with Crippen LogP contribution in [0.5, 0.6) is 0 Å². The van der Waals surface area contributed by atoms with E-state index >= 15 is 0 Å². The molecule has 0 spiro atoms. The van der Waals surface area contributed by atoms with Gasteiger partial charge in [-0.15, -0.1) is 9.94 Å². The second kappa shape index (κ2) is 12.6. The summed E-state index contributed by atoms with van der Waals surface area (Å²) in [5.41, 5.74) is 4.42. The van der Waals surface area contributed by atoms with Crippen molar-refractivity contribution < 1.29 is 23.1 Å². The van der Waals surface area contributed by atoms with Gasteiger partial charge in [-0.1, -0.05) is 0 Å². The second-order valence-corrected chi connectivity index (χ2v) is 11.2. The molecule has 0 amide bonds. The highest BCUT2D eigenvalue weighted by Gasteiger charge is 2.29. The Bertz CT molecular complexity index is 1780. The highest BCUT2D eigenvalue weighted by molar-refractivity contribution is 5.93. The molecule has 10 nitrogen and oxygen atoms in total. The third-order valence-corrected chi connectivity index (χ3v) is 8.44. The minimum absolute atomic E-state index is 0.0523. The molecule has 44 heavy (non-hydrogen) atoms. The van der Waals surface area contributed by atoms with Crippen LogP contribution < -0.4 is 4.84 Å². The monoisotopic (exact) mass is 603 g/mol. The van der Waals surface area contributed by atoms with Crippen LogP contribution >= 0.6 is 0 Å². The van der Waals surface area contributed by atoms with E-state index in [0.717, 1.165) is 60.2 Å². The molecule has 2 aromatic carbocycles. The minimum Gasteiger partial charge on any atom is -0.465 e. The Morgan fingerprint density at radius 1 is 1.11 bits per heavy atom. The number of carbonyl (C=O) groups excluding carboxylic acids is 1. The van der Waals surface area contributed by atoms with Crippen LogP contribution in [0.25, 0.3) is 11.0 Å². The molecule has 6 rings (SSSR count). The van der Waals surface area contributed by atoms with Crippen LogP contribution in [-0.4, -0.2) is 59.6 Å². The Labute approximate surface area is 253 Å². The predicted molar refractivity (Wildman–Crippen MR) is 159 cm³/mol. The number of aryl methyl sites for hydroxylation is 1. The Kier molecular flexibility index (Phi) is 8.42. The maximum absolute atomic E-state index is 14.0. The fourth-order valence-corrected chi connectivity index (χ4v) is 5.93. The van der Waals surface area contributed by atoms with E-state index in [-0.39, 0.29) is 30.1 Å². The molecule has 1 fully saturated rings. The van der Waals surface area contributed by atoms with E-state index in [9.17, 15) is 13.6 Å². The van der Waals surface area contributed by atoms with E-state index in [1.165, 1.54) is 24.1 Å². The number of imidazole rings is 2. The lowest BCUT2D eigenvalue weighted by molar-refractivity contribution is 0.0600. The smallest absolute Gasteiger partial charge is 0.337 e. The first-order valence-corrected chi connectivity index (χ1v) is 14.8. The summed E-state index contributed by atoms with van der Waals surface area (Å²) in [5, 5.41) is 4.59. The lowest BCUT2D eigenvalue weighted by Gasteiger charge is -2.37. The molecule has 0 aliphatic carbocycles. The van der Waals surface area contributed by atoms with Gasteiger partial charge < -0.3 is 18.7 Å². The molecule has 0 N–H and O–H groups in total. The number of hydrogen-bond donors (Lipinski definition) is 0. The maximum Gasteiger partial charge on any atom is 0.337 e. The molecule has 0 radical (unpaired) electrons. The fourth-order valence-electron chi connectivity index (χ4n) is 5.93. The molecule has 1 aliphatic heterocycles. The molecular formula is C32H35F2N7O3. The van der Waals surface area contributed by atoms with Gasteiger partial charge in [0.25, 0.3) is 0 Å². The van der Waals surface area contributed by atoms with E-state index in [2.05, 4.69) is 38.0 Å². The van der Waals surface area contributed by atoms with Crippen molar-refractivity contribution in [3.05, 3.63) is 101 Å². The largest absolute Gasteiger partial charge is 0.465 e. The van der Waals surface area contributed by atoms with Crippen LogP contribution in [0.4, 0.5) is 8.78 Å². The Morgan fingerprint density at radius 2 is 1.98 bits per heavy atom. The normalized spacial score (nSPS) is 17.3. The van der Waals surface area contributed by atoms with Crippen LogP contribution in [0.3, 0.4) is 0 Å². The van der Waals surface area contributed by atoms with E-state index in [1.807, 2.05) is 30.7 Å². The van der Waals surface area contributed by atoms with Gasteiger partial charge in [-0.2, -0.15) is 0 Å². The zero-order chi connectivity index (χ0) is 30.8. The minimum atomic E-state index is -0.646. The number of nitrogens with zero attached hydrogens (tertiary/aromatic N) is 7. The van der Waals surface area contributed by atoms with Crippen molar-refractivity contribution in [3.8, 4) is 0 Å². The van der Waals surface area contributed by atoms with Crippen molar-refractivity contribution in [2.45, 2.75) is 64.9 Å². The van der Waals surface area contributed by atoms with Gasteiger partial charge in [-0.25, -0.2) is 23.5 Å². The third-order valence-electron chi connectivity index (χ3n) is 8.44. The number of rotatable bonds is 10. The Balaban J connectivity index is 1.16. The number of esters is 1. The summed E-state index contributed by atoms with van der Waals surface area (Å²) in [7, 11) is 1.38.